The van der Waals surface area contributed by atoms with Crippen molar-refractivity contribution in [3.8, 4) is 0 Å². The van der Waals surface area contributed by atoms with Crippen molar-refractivity contribution in [2.45, 2.75) is 19.3 Å². The van der Waals surface area contributed by atoms with Gasteiger partial charge in [-0.25, -0.2) is 4.39 Å². The summed E-state index contributed by atoms with van der Waals surface area (Å²) in [6.45, 7) is 4.85. The third kappa shape index (κ3) is 4.86. The minimum absolute atomic E-state index is 0.0716. The van der Waals surface area contributed by atoms with Crippen LogP contribution in [0, 0.1) is 11.7 Å². The highest BCUT2D eigenvalue weighted by atomic mass is 19.1. The predicted molar refractivity (Wildman–Crippen MR) is 91.9 cm³/mol. The smallest absolute Gasteiger partial charge is 0.224 e. The Bertz CT molecular complexity index is 599. The Labute approximate surface area is 147 Å². The molecule has 0 N–H and O–H groups in total. The van der Waals surface area contributed by atoms with Crippen LogP contribution in [0.4, 0.5) is 4.39 Å². The number of hydrogen-bond acceptors (Lipinski definition) is 4. The van der Waals surface area contributed by atoms with E-state index in [1.54, 1.807) is 12.1 Å². The van der Waals surface area contributed by atoms with Crippen LogP contribution < -0.4 is 0 Å². The molecule has 5 nitrogen and oxygen atoms in total. The maximum absolute atomic E-state index is 13.0. The lowest BCUT2D eigenvalue weighted by molar-refractivity contribution is -0.135. The van der Waals surface area contributed by atoms with Gasteiger partial charge < -0.3 is 14.5 Å². The zero-order valence-corrected chi connectivity index (χ0v) is 14.5. The lowest BCUT2D eigenvalue weighted by atomic mass is 9.90. The number of benzene rings is 1. The molecule has 25 heavy (non-hydrogen) atoms. The largest absolute Gasteiger partial charge is 0.378 e. The maximum atomic E-state index is 13.0. The molecule has 2 fully saturated rings. The van der Waals surface area contributed by atoms with Gasteiger partial charge in [-0.15, -0.1) is 0 Å². The van der Waals surface area contributed by atoms with Crippen molar-refractivity contribution in [2.75, 3.05) is 45.9 Å². The molecule has 2 aliphatic rings. The molecule has 136 valence electrons. The van der Waals surface area contributed by atoms with E-state index < -0.39 is 0 Å². The normalized spacial score (nSPS) is 22.0. The van der Waals surface area contributed by atoms with Crippen LogP contribution in [-0.2, 0) is 9.53 Å². The SMILES string of the molecule is O=C(c1ccc(F)cc1)[C@H]1CCCN(CCC(=O)N2CCOCC2)C1. The van der Waals surface area contributed by atoms with Crippen molar-refractivity contribution < 1.29 is 18.7 Å². The van der Waals surface area contributed by atoms with Gasteiger partial charge in [0.05, 0.1) is 13.2 Å². The third-order valence-corrected chi connectivity index (χ3v) is 5.01. The zero-order chi connectivity index (χ0) is 17.6. The van der Waals surface area contributed by atoms with Gasteiger partial charge in [-0.05, 0) is 43.7 Å². The first-order valence-electron chi connectivity index (χ1n) is 9.01. The first-order valence-corrected chi connectivity index (χ1v) is 9.01. The van der Waals surface area contributed by atoms with Crippen molar-refractivity contribution in [3.63, 3.8) is 0 Å². The highest BCUT2D eigenvalue weighted by Gasteiger charge is 2.27. The number of rotatable bonds is 5. The molecule has 0 bridgehead atoms. The topological polar surface area (TPSA) is 49.9 Å². The van der Waals surface area contributed by atoms with Gasteiger partial charge in [-0.3, -0.25) is 9.59 Å². The quantitative estimate of drug-likeness (QED) is 0.764. The number of amides is 1. The van der Waals surface area contributed by atoms with Gasteiger partial charge in [0.1, 0.15) is 5.82 Å². The van der Waals surface area contributed by atoms with E-state index in [0.29, 0.717) is 51.4 Å². The number of Topliss-reactive ketones (excluding diaryl/α,β-unsaturated/α-hetero) is 1. The second-order valence-corrected chi connectivity index (χ2v) is 6.75. The van der Waals surface area contributed by atoms with E-state index in [1.807, 2.05) is 4.90 Å². The number of ketones is 1. The second kappa shape index (κ2) is 8.54. The van der Waals surface area contributed by atoms with E-state index in [4.69, 9.17) is 4.74 Å². The summed E-state index contributed by atoms with van der Waals surface area (Å²) in [7, 11) is 0. The van der Waals surface area contributed by atoms with Gasteiger partial charge >= 0.3 is 0 Å². The molecule has 0 spiro atoms. The molecular formula is C19H25FN2O3. The van der Waals surface area contributed by atoms with E-state index in [2.05, 4.69) is 4.90 Å². The number of ether oxygens (including phenoxy) is 1. The molecule has 3 rings (SSSR count). The molecule has 2 aliphatic heterocycles. The molecular weight excluding hydrogens is 323 g/mol. The summed E-state index contributed by atoms with van der Waals surface area (Å²) >= 11 is 0. The fourth-order valence-corrected chi connectivity index (χ4v) is 3.55. The molecule has 1 amide bonds. The molecule has 1 aromatic carbocycles. The highest BCUT2D eigenvalue weighted by Crippen LogP contribution is 2.21. The lowest BCUT2D eigenvalue weighted by Crippen LogP contribution is -2.44. The van der Waals surface area contributed by atoms with Crippen molar-refractivity contribution in [1.29, 1.82) is 0 Å². The molecule has 0 radical (unpaired) electrons. The van der Waals surface area contributed by atoms with Crippen LogP contribution in [0.2, 0.25) is 0 Å². The van der Waals surface area contributed by atoms with Crippen LogP contribution in [0.3, 0.4) is 0 Å². The molecule has 1 aromatic rings. The Kier molecular flexibility index (Phi) is 6.15. The molecule has 0 aliphatic carbocycles. The van der Waals surface area contributed by atoms with Crippen LogP contribution in [0.5, 0.6) is 0 Å². The van der Waals surface area contributed by atoms with Crippen LogP contribution in [0.15, 0.2) is 24.3 Å². The Morgan fingerprint density at radius 1 is 1.12 bits per heavy atom. The van der Waals surface area contributed by atoms with Gasteiger partial charge in [0.25, 0.3) is 0 Å². The molecule has 6 heteroatoms. The summed E-state index contributed by atoms with van der Waals surface area (Å²) in [4.78, 5) is 28.9. The average molecular weight is 348 g/mol. The van der Waals surface area contributed by atoms with Gasteiger partial charge in [0.15, 0.2) is 5.78 Å². The summed E-state index contributed by atoms with van der Waals surface area (Å²) in [6.07, 6.45) is 2.28. The fourth-order valence-electron chi connectivity index (χ4n) is 3.55. The van der Waals surface area contributed by atoms with Crippen molar-refractivity contribution in [2.24, 2.45) is 5.92 Å². The van der Waals surface area contributed by atoms with E-state index in [1.165, 1.54) is 12.1 Å². The summed E-state index contributed by atoms with van der Waals surface area (Å²) in [5.41, 5.74) is 0.567. The minimum Gasteiger partial charge on any atom is -0.378 e. The number of carbonyl (C=O) groups is 2. The maximum Gasteiger partial charge on any atom is 0.224 e. The number of nitrogens with zero attached hydrogens (tertiary/aromatic N) is 2. The Morgan fingerprint density at radius 2 is 1.84 bits per heavy atom. The second-order valence-electron chi connectivity index (χ2n) is 6.75. The van der Waals surface area contributed by atoms with Gasteiger partial charge in [-0.1, -0.05) is 0 Å². The minimum atomic E-state index is -0.330. The van der Waals surface area contributed by atoms with Crippen molar-refractivity contribution in [1.82, 2.24) is 9.80 Å². The summed E-state index contributed by atoms with van der Waals surface area (Å²) < 4.78 is 18.3. The standard InChI is InChI=1S/C19H25FN2O3/c20-17-5-3-15(4-6-17)19(24)16-2-1-8-21(14-16)9-7-18(23)22-10-12-25-13-11-22/h3-6,16H,1-2,7-14H2/t16-/m0/s1. The molecule has 0 saturated carbocycles. The predicted octanol–water partition coefficient (Wildman–Crippen LogP) is 1.97. The molecule has 2 heterocycles. The monoisotopic (exact) mass is 348 g/mol. The van der Waals surface area contributed by atoms with Gasteiger partial charge in [-0.2, -0.15) is 0 Å². The molecule has 0 aromatic heterocycles. The highest BCUT2D eigenvalue weighted by molar-refractivity contribution is 5.98. The number of morpholine rings is 1. The Hall–Kier alpha value is -1.79. The number of halogens is 1. The van der Waals surface area contributed by atoms with Crippen molar-refractivity contribution >= 4 is 11.7 Å². The lowest BCUT2D eigenvalue weighted by Gasteiger charge is -2.33. The van der Waals surface area contributed by atoms with E-state index in [9.17, 15) is 14.0 Å². The first kappa shape index (κ1) is 18.0. The Balaban J connectivity index is 1.49. The first-order chi connectivity index (χ1) is 12.1. The zero-order valence-electron chi connectivity index (χ0n) is 14.5. The van der Waals surface area contributed by atoms with Gasteiger partial charge in [0.2, 0.25) is 5.91 Å². The van der Waals surface area contributed by atoms with Crippen LogP contribution >= 0.6 is 0 Å². The molecule has 0 unspecified atom stereocenters. The Morgan fingerprint density at radius 3 is 2.56 bits per heavy atom. The molecule has 1 atom stereocenters. The van der Waals surface area contributed by atoms with Crippen LogP contribution in [0.1, 0.15) is 29.6 Å². The number of hydrogen-bond donors (Lipinski definition) is 0. The number of piperidine rings is 1. The van der Waals surface area contributed by atoms with E-state index in [0.717, 1.165) is 19.4 Å². The van der Waals surface area contributed by atoms with Crippen LogP contribution in [0.25, 0.3) is 0 Å². The number of likely N-dealkylation sites (tertiary alicyclic amines) is 1. The average Bonchev–Trinajstić information content (AvgIpc) is 2.67. The molecule has 2 saturated heterocycles. The number of carbonyl (C=O) groups excluding carboxylic acids is 2. The van der Waals surface area contributed by atoms with Gasteiger partial charge in [0, 0.05) is 44.1 Å². The third-order valence-electron chi connectivity index (χ3n) is 5.01. The van der Waals surface area contributed by atoms with Crippen LogP contribution in [-0.4, -0.2) is 67.4 Å². The van der Waals surface area contributed by atoms with E-state index in [-0.39, 0.29) is 23.4 Å². The van der Waals surface area contributed by atoms with E-state index >= 15 is 0 Å². The fraction of sp³-hybridized carbons (Fsp3) is 0.579. The van der Waals surface area contributed by atoms with Crippen molar-refractivity contribution in [3.05, 3.63) is 35.6 Å². The summed E-state index contributed by atoms with van der Waals surface area (Å²) in [5.74, 6) is -0.166. The summed E-state index contributed by atoms with van der Waals surface area (Å²) in [5, 5.41) is 0. The summed E-state index contributed by atoms with van der Waals surface area (Å²) in [6, 6.07) is 5.76.